The van der Waals surface area contributed by atoms with Gasteiger partial charge in [0, 0.05) is 17.9 Å². The normalized spacial score (nSPS) is 16.5. The molecular formula is C11H16O3. The maximum absolute atomic E-state index is 11.4. The van der Waals surface area contributed by atoms with Crippen molar-refractivity contribution in [3.05, 3.63) is 11.1 Å². The molecule has 14 heavy (non-hydrogen) atoms. The molecule has 0 aromatic rings. The molecule has 0 unspecified atom stereocenters. The Morgan fingerprint density at radius 1 is 1.36 bits per heavy atom. The van der Waals surface area contributed by atoms with Gasteiger partial charge in [0.15, 0.2) is 0 Å². The van der Waals surface area contributed by atoms with Gasteiger partial charge in [0.25, 0.3) is 0 Å². The van der Waals surface area contributed by atoms with Crippen molar-refractivity contribution >= 4 is 11.8 Å². The predicted octanol–water partition coefficient (Wildman–Crippen LogP) is 2.17. The minimum absolute atomic E-state index is 0.00172. The molecule has 3 nitrogen and oxygen atoms in total. The van der Waals surface area contributed by atoms with Crippen LogP contribution in [-0.4, -0.2) is 16.9 Å². The lowest BCUT2D eigenvalue weighted by Gasteiger charge is -2.05. The van der Waals surface area contributed by atoms with Crippen LogP contribution in [0.4, 0.5) is 0 Å². The fraction of sp³-hybridized carbons (Fsp3) is 0.636. The number of carbonyl (C=O) groups excluding carboxylic acids is 1. The van der Waals surface area contributed by atoms with E-state index in [0.717, 1.165) is 18.4 Å². The third kappa shape index (κ3) is 2.44. The van der Waals surface area contributed by atoms with Gasteiger partial charge in [-0.2, -0.15) is 0 Å². The van der Waals surface area contributed by atoms with Crippen LogP contribution >= 0.6 is 0 Å². The summed E-state index contributed by atoms with van der Waals surface area (Å²) in [6, 6.07) is 0. The Labute approximate surface area is 83.8 Å². The standard InChI is InChI=1S/C11H16O3/c1-7(2)10(12)6-8-4-3-5-9(8)11(13)14/h7H,3-6H2,1-2H3,(H,13,14). The summed E-state index contributed by atoms with van der Waals surface area (Å²) in [7, 11) is 0. The summed E-state index contributed by atoms with van der Waals surface area (Å²) in [6.07, 6.45) is 2.61. The van der Waals surface area contributed by atoms with Crippen LogP contribution in [0.1, 0.15) is 39.5 Å². The van der Waals surface area contributed by atoms with Gasteiger partial charge >= 0.3 is 5.97 Å². The Hall–Kier alpha value is -1.12. The molecule has 3 heteroatoms. The van der Waals surface area contributed by atoms with E-state index in [1.807, 2.05) is 13.8 Å². The van der Waals surface area contributed by atoms with Crippen LogP contribution in [0.2, 0.25) is 0 Å². The minimum Gasteiger partial charge on any atom is -0.478 e. The molecule has 0 saturated heterocycles. The minimum atomic E-state index is -0.853. The van der Waals surface area contributed by atoms with Crippen LogP contribution in [0, 0.1) is 5.92 Å². The molecule has 1 N–H and O–H groups in total. The highest BCUT2D eigenvalue weighted by atomic mass is 16.4. The van der Waals surface area contributed by atoms with Crippen molar-refractivity contribution < 1.29 is 14.7 Å². The molecule has 0 saturated carbocycles. The molecule has 0 aliphatic heterocycles. The number of allylic oxidation sites excluding steroid dienone is 1. The van der Waals surface area contributed by atoms with Crippen LogP contribution in [-0.2, 0) is 9.59 Å². The summed E-state index contributed by atoms with van der Waals surface area (Å²) >= 11 is 0. The number of hydrogen-bond acceptors (Lipinski definition) is 2. The van der Waals surface area contributed by atoms with E-state index in [0.29, 0.717) is 18.4 Å². The van der Waals surface area contributed by atoms with Crippen molar-refractivity contribution in [2.24, 2.45) is 5.92 Å². The molecule has 78 valence electrons. The lowest BCUT2D eigenvalue weighted by molar-refractivity contribution is -0.132. The maximum Gasteiger partial charge on any atom is 0.331 e. The second-order valence-electron chi connectivity index (χ2n) is 4.04. The number of rotatable bonds is 4. The maximum atomic E-state index is 11.4. The third-order valence-corrected chi connectivity index (χ3v) is 2.62. The zero-order chi connectivity index (χ0) is 10.7. The van der Waals surface area contributed by atoms with Crippen molar-refractivity contribution in [1.82, 2.24) is 0 Å². The number of aliphatic carboxylic acids is 1. The summed E-state index contributed by atoms with van der Waals surface area (Å²) in [5.41, 5.74) is 1.32. The van der Waals surface area contributed by atoms with Crippen LogP contribution in [0.3, 0.4) is 0 Å². The Bertz CT molecular complexity index is 287. The number of ketones is 1. The first-order chi connectivity index (χ1) is 6.52. The second-order valence-corrected chi connectivity index (χ2v) is 4.04. The molecule has 0 fully saturated rings. The van der Waals surface area contributed by atoms with Crippen LogP contribution < -0.4 is 0 Å². The van der Waals surface area contributed by atoms with Gasteiger partial charge in [-0.25, -0.2) is 4.79 Å². The molecule has 1 rings (SSSR count). The van der Waals surface area contributed by atoms with E-state index in [4.69, 9.17) is 5.11 Å². The first-order valence-corrected chi connectivity index (χ1v) is 4.99. The molecule has 0 amide bonds. The third-order valence-electron chi connectivity index (χ3n) is 2.62. The van der Waals surface area contributed by atoms with E-state index in [-0.39, 0.29) is 11.7 Å². The van der Waals surface area contributed by atoms with Crippen molar-refractivity contribution in [2.45, 2.75) is 39.5 Å². The number of carboxylic acid groups (broad SMARTS) is 1. The quantitative estimate of drug-likeness (QED) is 0.749. The van der Waals surface area contributed by atoms with E-state index in [1.54, 1.807) is 0 Å². The Morgan fingerprint density at radius 2 is 2.00 bits per heavy atom. The lowest BCUT2D eigenvalue weighted by atomic mass is 9.99. The smallest absolute Gasteiger partial charge is 0.331 e. The molecule has 0 radical (unpaired) electrons. The molecule has 0 heterocycles. The van der Waals surface area contributed by atoms with Gasteiger partial charge in [-0.15, -0.1) is 0 Å². The van der Waals surface area contributed by atoms with Gasteiger partial charge in [-0.3, -0.25) is 4.79 Å². The first kappa shape index (κ1) is 11.0. The second kappa shape index (κ2) is 4.40. The molecular weight excluding hydrogens is 180 g/mol. The van der Waals surface area contributed by atoms with Gasteiger partial charge < -0.3 is 5.11 Å². The van der Waals surface area contributed by atoms with Crippen molar-refractivity contribution in [2.75, 3.05) is 0 Å². The van der Waals surface area contributed by atoms with E-state index in [9.17, 15) is 9.59 Å². The Balaban J connectivity index is 2.72. The lowest BCUT2D eigenvalue weighted by Crippen LogP contribution is -2.09. The molecule has 0 spiro atoms. The van der Waals surface area contributed by atoms with Crippen molar-refractivity contribution in [1.29, 1.82) is 0 Å². The monoisotopic (exact) mass is 196 g/mol. The van der Waals surface area contributed by atoms with Gasteiger partial charge in [-0.1, -0.05) is 19.4 Å². The van der Waals surface area contributed by atoms with Gasteiger partial charge in [0.2, 0.25) is 0 Å². The summed E-state index contributed by atoms with van der Waals surface area (Å²) < 4.78 is 0. The highest BCUT2D eigenvalue weighted by molar-refractivity contribution is 5.91. The summed E-state index contributed by atoms with van der Waals surface area (Å²) in [5.74, 6) is -0.715. The van der Waals surface area contributed by atoms with E-state index >= 15 is 0 Å². The predicted molar refractivity (Wildman–Crippen MR) is 53.0 cm³/mol. The van der Waals surface area contributed by atoms with Crippen LogP contribution in [0.25, 0.3) is 0 Å². The van der Waals surface area contributed by atoms with E-state index in [2.05, 4.69) is 0 Å². The van der Waals surface area contributed by atoms with Crippen LogP contribution in [0.15, 0.2) is 11.1 Å². The first-order valence-electron chi connectivity index (χ1n) is 4.99. The number of carbonyl (C=O) groups is 2. The highest BCUT2D eigenvalue weighted by Gasteiger charge is 2.22. The fourth-order valence-electron chi connectivity index (χ4n) is 1.67. The largest absolute Gasteiger partial charge is 0.478 e. The number of hydrogen-bond donors (Lipinski definition) is 1. The van der Waals surface area contributed by atoms with Crippen molar-refractivity contribution in [3.8, 4) is 0 Å². The van der Waals surface area contributed by atoms with E-state index in [1.165, 1.54) is 0 Å². The van der Waals surface area contributed by atoms with E-state index < -0.39 is 5.97 Å². The van der Waals surface area contributed by atoms with Crippen molar-refractivity contribution in [3.63, 3.8) is 0 Å². The zero-order valence-electron chi connectivity index (χ0n) is 8.67. The Kier molecular flexibility index (Phi) is 3.44. The fourth-order valence-corrected chi connectivity index (χ4v) is 1.67. The molecule has 0 aromatic heterocycles. The average Bonchev–Trinajstić information content (AvgIpc) is 2.52. The highest BCUT2D eigenvalue weighted by Crippen LogP contribution is 2.29. The summed E-state index contributed by atoms with van der Waals surface area (Å²) in [5, 5.41) is 8.87. The average molecular weight is 196 g/mol. The van der Waals surface area contributed by atoms with Gasteiger partial charge in [0.05, 0.1) is 0 Å². The number of Topliss-reactive ketones (excluding diaryl/α,β-unsaturated/α-hetero) is 1. The van der Waals surface area contributed by atoms with Gasteiger partial charge in [-0.05, 0) is 19.3 Å². The SMILES string of the molecule is CC(C)C(=O)CC1=C(C(=O)O)CCC1. The zero-order valence-corrected chi connectivity index (χ0v) is 8.67. The van der Waals surface area contributed by atoms with Gasteiger partial charge in [0.1, 0.15) is 5.78 Å². The Morgan fingerprint density at radius 3 is 2.50 bits per heavy atom. The molecule has 0 aromatic carbocycles. The summed E-state index contributed by atoms with van der Waals surface area (Å²) in [4.78, 5) is 22.2. The summed E-state index contributed by atoms with van der Waals surface area (Å²) in [6.45, 7) is 3.69. The van der Waals surface area contributed by atoms with Crippen LogP contribution in [0.5, 0.6) is 0 Å². The molecule has 0 atom stereocenters. The number of carboxylic acids is 1. The molecule has 0 bridgehead atoms. The molecule has 1 aliphatic carbocycles. The molecule has 1 aliphatic rings. The topological polar surface area (TPSA) is 54.4 Å².